The van der Waals surface area contributed by atoms with Gasteiger partial charge >= 0.3 is 79.3 Å². The Labute approximate surface area is 95.8 Å². The van der Waals surface area contributed by atoms with Gasteiger partial charge in [0.2, 0.25) is 0 Å². The zero-order valence-corrected chi connectivity index (χ0v) is 10.2. The molecule has 0 aromatic heterocycles. The molecule has 0 aromatic rings. The van der Waals surface area contributed by atoms with Crippen LogP contribution in [-0.4, -0.2) is 17.5 Å². The van der Waals surface area contributed by atoms with Gasteiger partial charge < -0.3 is 1.43 Å². The predicted octanol–water partition coefficient (Wildman–Crippen LogP) is -3.54. The summed E-state index contributed by atoms with van der Waals surface area (Å²) in [5, 5.41) is 0. The van der Waals surface area contributed by atoms with E-state index in [9.17, 15) is 0 Å². The number of rotatable bonds is 0. The van der Waals surface area contributed by atoms with Crippen molar-refractivity contribution in [2.24, 2.45) is 0 Å². The quantitative estimate of drug-likeness (QED) is 0.424. The van der Waals surface area contributed by atoms with E-state index in [0.29, 0.717) is 0 Å². The van der Waals surface area contributed by atoms with Crippen LogP contribution in [0.4, 0.5) is 0 Å². The molecule has 0 heterocycles. The van der Waals surface area contributed by atoms with Crippen molar-refractivity contribution in [3.8, 4) is 0 Å². The first-order valence-electron chi connectivity index (χ1n) is 0.698. The molecule has 0 saturated carbocycles. The molecule has 0 aliphatic rings. The molecule has 6 heteroatoms. The van der Waals surface area contributed by atoms with Crippen molar-refractivity contribution < 1.29 is 87.8 Å². The summed E-state index contributed by atoms with van der Waals surface area (Å²) >= 11 is 0. The summed E-state index contributed by atoms with van der Waals surface area (Å²) in [7, 11) is -4.67. The smallest absolute Gasteiger partial charge is 1.00 e. The van der Waals surface area contributed by atoms with E-state index in [-0.39, 0.29) is 70.3 Å². The topological polar surface area (TPSA) is 74.6 Å². The summed E-state index contributed by atoms with van der Waals surface area (Å²) in [6.07, 6.45) is 0. The van der Waals surface area contributed by atoms with Crippen molar-refractivity contribution in [2.45, 2.75) is 0 Å². The van der Waals surface area contributed by atoms with Crippen LogP contribution in [0.5, 0.6) is 0 Å². The average Bonchev–Trinajstić information content (AvgIpc) is 0.722. The monoisotopic (exact) mass is 232 g/mol. The second-order valence-electron chi connectivity index (χ2n) is 0.448. The maximum absolute atomic E-state index is 8.74. The fourth-order valence-corrected chi connectivity index (χ4v) is 0. The van der Waals surface area contributed by atoms with Crippen LogP contribution in [-0.2, 0) is 10.4 Å². The maximum Gasteiger partial charge on any atom is 1.00 e. The molecule has 0 atom stereocenters. The normalized spacial score (nSPS) is 9.67. The maximum atomic E-state index is 8.74. The van der Waals surface area contributed by atoms with Crippen LogP contribution in [0, 0.1) is 0 Å². The van der Waals surface area contributed by atoms with Crippen LogP contribution in [0.15, 0.2) is 0 Å². The molecular weight excluding hydrogens is 229 g/mol. The Kier molecular flexibility index (Phi) is 6.98. The van der Waals surface area contributed by atoms with Crippen molar-refractivity contribution in [2.75, 3.05) is 0 Å². The summed E-state index contributed by atoms with van der Waals surface area (Å²) in [6.45, 7) is 0. The van der Waals surface area contributed by atoms with E-state index in [1.165, 1.54) is 0 Å². The summed E-state index contributed by atoms with van der Waals surface area (Å²) in [4.78, 5) is 0. The third kappa shape index (κ3) is 38.8. The van der Waals surface area contributed by atoms with E-state index in [1.807, 2.05) is 0 Å². The molecule has 0 saturated heterocycles. The summed E-state index contributed by atoms with van der Waals surface area (Å²) < 4.78 is 31.6. The molecule has 0 radical (unpaired) electrons. The van der Waals surface area contributed by atoms with Gasteiger partial charge in [-0.1, -0.05) is 0 Å². The predicted molar refractivity (Wildman–Crippen MR) is 15.3 cm³/mol. The summed E-state index contributed by atoms with van der Waals surface area (Å²) in [5.41, 5.74) is 0. The largest absolute Gasteiger partial charge is 1.00 e. The fourth-order valence-electron chi connectivity index (χ4n) is 0. The van der Waals surface area contributed by atoms with Gasteiger partial charge in [-0.15, -0.1) is 0 Å². The molecule has 0 unspecified atom stereocenters. The SMILES string of the molecule is O=S(=O)(O)O.[Cs+].[H-]. The van der Waals surface area contributed by atoms with E-state index in [1.54, 1.807) is 0 Å². The molecule has 4 nitrogen and oxygen atoms in total. The average molecular weight is 232 g/mol. The van der Waals surface area contributed by atoms with E-state index in [2.05, 4.69) is 0 Å². The van der Waals surface area contributed by atoms with E-state index < -0.39 is 10.4 Å². The molecule has 6 heavy (non-hydrogen) atoms. The standard InChI is InChI=1S/Cs.H2O4S.H/c;1-5(2,3)4;/h;(H2,1,2,3,4);/q+1;;-1. The van der Waals surface area contributed by atoms with E-state index in [4.69, 9.17) is 17.5 Å². The molecule has 0 aromatic carbocycles. The summed E-state index contributed by atoms with van der Waals surface area (Å²) in [5.74, 6) is 0. The molecule has 0 fully saturated rings. The van der Waals surface area contributed by atoms with Gasteiger partial charge in [0.05, 0.1) is 0 Å². The van der Waals surface area contributed by atoms with Gasteiger partial charge in [-0.3, -0.25) is 9.11 Å². The molecule has 34 valence electrons. The van der Waals surface area contributed by atoms with Crippen LogP contribution in [0.3, 0.4) is 0 Å². The molecule has 2 N–H and O–H groups in total. The first-order valence-corrected chi connectivity index (χ1v) is 2.10. The molecule has 0 spiro atoms. The second-order valence-corrected chi connectivity index (χ2v) is 1.34. The van der Waals surface area contributed by atoms with Gasteiger partial charge in [0.15, 0.2) is 0 Å². The van der Waals surface area contributed by atoms with Gasteiger partial charge in [0.1, 0.15) is 0 Å². The second kappa shape index (κ2) is 3.87. The minimum Gasteiger partial charge on any atom is -1.00 e. The van der Waals surface area contributed by atoms with E-state index >= 15 is 0 Å². The van der Waals surface area contributed by atoms with Crippen LogP contribution in [0.2, 0.25) is 0 Å². The first kappa shape index (κ1) is 10.8. The van der Waals surface area contributed by atoms with E-state index in [0.717, 1.165) is 0 Å². The fraction of sp³-hybridized carbons (Fsp3) is 0. The number of hydrogen-bond acceptors (Lipinski definition) is 2. The number of hydrogen-bond donors (Lipinski definition) is 2. The summed E-state index contributed by atoms with van der Waals surface area (Å²) in [6, 6.07) is 0. The Morgan fingerprint density at radius 1 is 1.33 bits per heavy atom. The third-order valence-corrected chi connectivity index (χ3v) is 0. The minimum atomic E-state index is -4.67. The van der Waals surface area contributed by atoms with Gasteiger partial charge in [0.25, 0.3) is 0 Å². The van der Waals surface area contributed by atoms with Crippen LogP contribution < -0.4 is 68.9 Å². The molecule has 0 bridgehead atoms. The Bertz CT molecular complexity index is 94.9. The van der Waals surface area contributed by atoms with Crippen molar-refractivity contribution in [1.29, 1.82) is 0 Å². The van der Waals surface area contributed by atoms with Gasteiger partial charge in [-0.2, -0.15) is 8.42 Å². The Morgan fingerprint density at radius 3 is 1.33 bits per heavy atom. The van der Waals surface area contributed by atoms with Crippen molar-refractivity contribution in [3.63, 3.8) is 0 Å². The Hall–Kier alpha value is 1.92. The zero-order valence-electron chi connectivity index (χ0n) is 4.12. The third-order valence-electron chi connectivity index (χ3n) is 0. The molecule has 0 rings (SSSR count). The van der Waals surface area contributed by atoms with Crippen molar-refractivity contribution in [3.05, 3.63) is 0 Å². The van der Waals surface area contributed by atoms with Crippen LogP contribution in [0.1, 0.15) is 1.43 Å². The van der Waals surface area contributed by atoms with Crippen LogP contribution >= 0.6 is 0 Å². The van der Waals surface area contributed by atoms with Crippen molar-refractivity contribution >= 4 is 10.4 Å². The Balaban J connectivity index is -0.0000000800. The molecule has 0 aliphatic carbocycles. The minimum absolute atomic E-state index is 0. The zero-order chi connectivity index (χ0) is 4.50. The van der Waals surface area contributed by atoms with Gasteiger partial charge in [0, 0.05) is 0 Å². The first-order chi connectivity index (χ1) is 2.00. The Morgan fingerprint density at radius 2 is 1.33 bits per heavy atom. The van der Waals surface area contributed by atoms with Gasteiger partial charge in [-0.25, -0.2) is 0 Å². The van der Waals surface area contributed by atoms with Gasteiger partial charge in [-0.05, 0) is 0 Å². The molecule has 0 amide bonds. The van der Waals surface area contributed by atoms with Crippen molar-refractivity contribution in [1.82, 2.24) is 0 Å². The molecule has 0 aliphatic heterocycles. The molecular formula is H3CsO4S. The van der Waals surface area contributed by atoms with Crippen LogP contribution in [0.25, 0.3) is 0 Å².